The lowest BCUT2D eigenvalue weighted by Gasteiger charge is -2.25. The second-order valence-electron chi connectivity index (χ2n) is 3.82. The molecule has 2 aromatic heterocycles. The van der Waals surface area contributed by atoms with Crippen LogP contribution >= 0.6 is 11.3 Å². The molecule has 3 heterocycles. The molecule has 8 heteroatoms. The van der Waals surface area contributed by atoms with Gasteiger partial charge in [-0.1, -0.05) is 0 Å². The molecule has 0 aliphatic carbocycles. The first kappa shape index (κ1) is 10.9. The largest absolute Gasteiger partial charge is 0.336 e. The van der Waals surface area contributed by atoms with Crippen molar-refractivity contribution in [2.24, 2.45) is 0 Å². The Morgan fingerprint density at radius 1 is 1.33 bits per heavy atom. The van der Waals surface area contributed by atoms with Crippen LogP contribution in [0, 0.1) is 0 Å². The van der Waals surface area contributed by atoms with Crippen LogP contribution in [0.5, 0.6) is 0 Å². The molecule has 0 saturated carbocycles. The first-order valence-corrected chi connectivity index (χ1v) is 6.05. The van der Waals surface area contributed by atoms with Crippen LogP contribution in [0.4, 0.5) is 5.82 Å². The normalized spacial score (nSPS) is 16.1. The molecular formula is C10H8N4O3S. The maximum absolute atomic E-state index is 11.3. The third kappa shape index (κ3) is 1.58. The van der Waals surface area contributed by atoms with Crippen molar-refractivity contribution in [3.63, 3.8) is 0 Å². The number of hydrogen-bond acceptors (Lipinski definition) is 6. The molecule has 3 rings (SSSR count). The Balaban J connectivity index is 2.07. The quantitative estimate of drug-likeness (QED) is 0.593. The average Bonchev–Trinajstić information content (AvgIpc) is 2.86. The second-order valence-corrected chi connectivity index (χ2v) is 4.69. The first-order chi connectivity index (χ1) is 8.69. The molecule has 1 aliphatic heterocycles. The summed E-state index contributed by atoms with van der Waals surface area (Å²) in [6, 6.07) is 0. The van der Waals surface area contributed by atoms with Crippen molar-refractivity contribution < 1.29 is 14.4 Å². The van der Waals surface area contributed by atoms with E-state index in [0.717, 1.165) is 0 Å². The van der Waals surface area contributed by atoms with Crippen molar-refractivity contribution in [3.8, 4) is 0 Å². The van der Waals surface area contributed by atoms with E-state index in [-0.39, 0.29) is 24.9 Å². The van der Waals surface area contributed by atoms with Crippen molar-refractivity contribution in [2.45, 2.75) is 0 Å². The molecule has 0 aromatic carbocycles. The van der Waals surface area contributed by atoms with Crippen LogP contribution in [-0.2, 0) is 9.59 Å². The Morgan fingerprint density at radius 3 is 2.72 bits per heavy atom. The lowest BCUT2D eigenvalue weighted by Crippen LogP contribution is -2.51. The molecule has 1 N–H and O–H groups in total. The number of imidazole rings is 1. The lowest BCUT2D eigenvalue weighted by molar-refractivity contribution is -0.130. The number of aromatic nitrogens is 2. The van der Waals surface area contributed by atoms with E-state index in [4.69, 9.17) is 0 Å². The lowest BCUT2D eigenvalue weighted by atomic mass is 10.3. The summed E-state index contributed by atoms with van der Waals surface area (Å²) < 4.78 is 1.64. The van der Waals surface area contributed by atoms with Crippen LogP contribution in [0.1, 0.15) is 10.5 Å². The number of amides is 2. The Bertz CT molecular complexity index is 643. The van der Waals surface area contributed by atoms with E-state index in [9.17, 15) is 14.4 Å². The number of hydrogen-bond donors (Lipinski definition) is 1. The summed E-state index contributed by atoms with van der Waals surface area (Å²) in [6.07, 6.45) is 2.41. The van der Waals surface area contributed by atoms with Gasteiger partial charge >= 0.3 is 0 Å². The van der Waals surface area contributed by atoms with Gasteiger partial charge in [-0.05, 0) is 0 Å². The number of nitrogens with one attached hydrogen (secondary N) is 1. The standard InChI is InChI=1S/C10H8N4O3S/c15-5-6-9(12-10-14(6)1-2-18-10)13-3-7(16)11-8(17)4-13/h1-2,5H,3-4H2,(H,11,16,17). The summed E-state index contributed by atoms with van der Waals surface area (Å²) in [5.41, 5.74) is 0.355. The van der Waals surface area contributed by atoms with Crippen molar-refractivity contribution in [2.75, 3.05) is 18.0 Å². The van der Waals surface area contributed by atoms with Crippen LogP contribution in [0.2, 0.25) is 0 Å². The van der Waals surface area contributed by atoms with Crippen molar-refractivity contribution in [3.05, 3.63) is 17.3 Å². The molecule has 0 unspecified atom stereocenters. The van der Waals surface area contributed by atoms with Gasteiger partial charge < -0.3 is 4.90 Å². The van der Waals surface area contributed by atoms with E-state index in [1.807, 2.05) is 5.38 Å². The zero-order valence-electron chi connectivity index (χ0n) is 9.12. The van der Waals surface area contributed by atoms with Gasteiger partial charge in [0.15, 0.2) is 17.1 Å². The van der Waals surface area contributed by atoms with Gasteiger partial charge in [-0.25, -0.2) is 4.98 Å². The highest BCUT2D eigenvalue weighted by molar-refractivity contribution is 7.15. The highest BCUT2D eigenvalue weighted by Gasteiger charge is 2.27. The van der Waals surface area contributed by atoms with Gasteiger partial charge in [0.05, 0.1) is 13.1 Å². The number of anilines is 1. The SMILES string of the molecule is O=Cc1c(N2CC(=O)NC(=O)C2)nc2sccn12. The summed E-state index contributed by atoms with van der Waals surface area (Å²) in [5.74, 6) is -0.404. The van der Waals surface area contributed by atoms with Crippen LogP contribution in [0.15, 0.2) is 11.6 Å². The smallest absolute Gasteiger partial charge is 0.246 e. The second kappa shape index (κ2) is 3.91. The van der Waals surface area contributed by atoms with Gasteiger partial charge in [-0.3, -0.25) is 24.1 Å². The number of carbonyl (C=O) groups is 3. The fraction of sp³-hybridized carbons (Fsp3) is 0.200. The van der Waals surface area contributed by atoms with Crippen LogP contribution < -0.4 is 10.2 Å². The predicted molar refractivity (Wildman–Crippen MR) is 63.8 cm³/mol. The van der Waals surface area contributed by atoms with Gasteiger partial charge in [-0.2, -0.15) is 0 Å². The number of piperazine rings is 1. The van der Waals surface area contributed by atoms with Crippen molar-refractivity contribution >= 4 is 40.2 Å². The zero-order chi connectivity index (χ0) is 12.7. The van der Waals surface area contributed by atoms with E-state index in [1.165, 1.54) is 16.2 Å². The Labute approximate surface area is 105 Å². The number of thiazole rings is 1. The zero-order valence-corrected chi connectivity index (χ0v) is 9.94. The highest BCUT2D eigenvalue weighted by Crippen LogP contribution is 2.23. The molecule has 1 saturated heterocycles. The molecule has 92 valence electrons. The summed E-state index contributed by atoms with van der Waals surface area (Å²) in [7, 11) is 0. The number of nitrogens with zero attached hydrogens (tertiary/aromatic N) is 3. The Morgan fingerprint density at radius 2 is 2.06 bits per heavy atom. The molecule has 2 amide bonds. The summed E-state index contributed by atoms with van der Waals surface area (Å²) >= 11 is 1.38. The molecule has 0 radical (unpaired) electrons. The number of imide groups is 1. The van der Waals surface area contributed by atoms with Gasteiger partial charge in [0.2, 0.25) is 11.8 Å². The van der Waals surface area contributed by atoms with E-state index < -0.39 is 0 Å². The third-order valence-electron chi connectivity index (χ3n) is 2.64. The molecule has 1 aliphatic rings. The molecule has 18 heavy (non-hydrogen) atoms. The minimum absolute atomic E-state index is 0.0252. The summed E-state index contributed by atoms with van der Waals surface area (Å²) in [4.78, 5) is 40.2. The third-order valence-corrected chi connectivity index (χ3v) is 3.40. The van der Waals surface area contributed by atoms with Crippen LogP contribution in [0.3, 0.4) is 0 Å². The fourth-order valence-corrected chi connectivity index (χ4v) is 2.64. The van der Waals surface area contributed by atoms with E-state index >= 15 is 0 Å². The number of rotatable bonds is 2. The van der Waals surface area contributed by atoms with Gasteiger partial charge in [0.1, 0.15) is 5.69 Å². The number of carbonyl (C=O) groups excluding carboxylic acids is 3. The highest BCUT2D eigenvalue weighted by atomic mass is 32.1. The fourth-order valence-electron chi connectivity index (χ4n) is 1.92. The van der Waals surface area contributed by atoms with Gasteiger partial charge in [0.25, 0.3) is 0 Å². The summed E-state index contributed by atoms with van der Waals surface area (Å²) in [5, 5.41) is 4.02. The van der Waals surface area contributed by atoms with Gasteiger partial charge in [-0.15, -0.1) is 11.3 Å². The van der Waals surface area contributed by atoms with E-state index in [0.29, 0.717) is 22.8 Å². The van der Waals surface area contributed by atoms with Crippen LogP contribution in [-0.4, -0.2) is 40.6 Å². The van der Waals surface area contributed by atoms with E-state index in [2.05, 4.69) is 10.3 Å². The number of aldehydes is 1. The van der Waals surface area contributed by atoms with Crippen molar-refractivity contribution in [1.82, 2.24) is 14.7 Å². The molecular weight excluding hydrogens is 256 g/mol. The maximum Gasteiger partial charge on any atom is 0.246 e. The number of fused-ring (bicyclic) bond motifs is 1. The van der Waals surface area contributed by atoms with Crippen LogP contribution in [0.25, 0.3) is 4.96 Å². The Kier molecular flexibility index (Phi) is 2.37. The molecule has 0 spiro atoms. The van der Waals surface area contributed by atoms with Gasteiger partial charge in [0, 0.05) is 11.6 Å². The molecule has 0 bridgehead atoms. The Hall–Kier alpha value is -2.22. The van der Waals surface area contributed by atoms with E-state index in [1.54, 1.807) is 10.6 Å². The molecule has 1 fully saturated rings. The molecule has 0 atom stereocenters. The minimum atomic E-state index is -0.389. The monoisotopic (exact) mass is 264 g/mol. The predicted octanol–water partition coefficient (Wildman–Crippen LogP) is -0.329. The molecule has 2 aromatic rings. The minimum Gasteiger partial charge on any atom is -0.336 e. The average molecular weight is 264 g/mol. The summed E-state index contributed by atoms with van der Waals surface area (Å²) in [6.45, 7) is 0.0504. The van der Waals surface area contributed by atoms with Crippen molar-refractivity contribution in [1.29, 1.82) is 0 Å². The first-order valence-electron chi connectivity index (χ1n) is 5.17. The maximum atomic E-state index is 11.3. The topological polar surface area (TPSA) is 83.8 Å². The molecule has 7 nitrogen and oxygen atoms in total.